The van der Waals surface area contributed by atoms with Gasteiger partial charge in [-0.2, -0.15) is 13.2 Å². The van der Waals surface area contributed by atoms with Gasteiger partial charge in [0.1, 0.15) is 5.92 Å². The fourth-order valence-electron chi connectivity index (χ4n) is 2.79. The van der Waals surface area contributed by atoms with Gasteiger partial charge in [0.05, 0.1) is 12.7 Å². The van der Waals surface area contributed by atoms with Crippen molar-refractivity contribution in [3.63, 3.8) is 0 Å². The molecule has 0 aromatic heterocycles. The summed E-state index contributed by atoms with van der Waals surface area (Å²) < 4.78 is 44.7. The predicted octanol–water partition coefficient (Wildman–Crippen LogP) is 3.59. The number of methoxy groups -OCH3 is 1. The Labute approximate surface area is 145 Å². The highest BCUT2D eigenvalue weighted by Crippen LogP contribution is 2.45. The summed E-state index contributed by atoms with van der Waals surface area (Å²) in [6, 6.07) is 5.80. The highest BCUT2D eigenvalue weighted by atomic mass is 35.5. The van der Waals surface area contributed by atoms with Gasteiger partial charge in [-0.1, -0.05) is 29.8 Å². The summed E-state index contributed by atoms with van der Waals surface area (Å²) in [4.78, 5) is 27.2. The van der Waals surface area contributed by atoms with E-state index in [4.69, 9.17) is 11.6 Å². The van der Waals surface area contributed by atoms with Crippen molar-refractivity contribution in [2.45, 2.75) is 19.0 Å². The van der Waals surface area contributed by atoms with E-state index in [1.165, 1.54) is 31.2 Å². The van der Waals surface area contributed by atoms with E-state index in [0.717, 1.165) is 7.11 Å². The molecule has 1 aliphatic heterocycles. The number of allylic oxidation sites excluding steroid dienone is 1. The minimum atomic E-state index is -4.96. The number of halogens is 4. The van der Waals surface area contributed by atoms with E-state index < -0.39 is 41.2 Å². The molecule has 5 nitrogen and oxygen atoms in total. The second-order valence-electron chi connectivity index (χ2n) is 5.32. The third-order valence-electron chi connectivity index (χ3n) is 3.82. The second-order valence-corrected chi connectivity index (χ2v) is 5.73. The van der Waals surface area contributed by atoms with Gasteiger partial charge in [-0.25, -0.2) is 4.79 Å². The molecule has 0 spiro atoms. The van der Waals surface area contributed by atoms with Crippen LogP contribution >= 0.6 is 11.6 Å². The van der Waals surface area contributed by atoms with E-state index in [0.29, 0.717) is 0 Å². The lowest BCUT2D eigenvalue weighted by atomic mass is 9.75. The maximum absolute atomic E-state index is 13.4. The molecule has 0 fully saturated rings. The number of carbonyl (C=O) groups excluding carboxylic acids is 1. The number of hydrogen-bond acceptors (Lipinski definition) is 4. The van der Waals surface area contributed by atoms with Gasteiger partial charge in [0.25, 0.3) is 0 Å². The first-order chi connectivity index (χ1) is 11.6. The summed E-state index contributed by atoms with van der Waals surface area (Å²) in [6.07, 6.45) is -4.96. The average molecular weight is 376 g/mol. The van der Waals surface area contributed by atoms with Gasteiger partial charge < -0.3 is 9.84 Å². The molecule has 0 amide bonds. The number of aliphatic carboxylic acids is 1. The van der Waals surface area contributed by atoms with Crippen LogP contribution in [0.2, 0.25) is 5.02 Å². The molecule has 0 aliphatic carbocycles. The Bertz CT molecular complexity index is 786. The number of carbonyl (C=O) groups is 2. The zero-order chi connectivity index (χ0) is 18.9. The first-order valence-corrected chi connectivity index (χ1v) is 7.39. The van der Waals surface area contributed by atoms with Crippen molar-refractivity contribution in [1.82, 2.24) is 0 Å². The van der Waals surface area contributed by atoms with E-state index in [-0.39, 0.29) is 16.3 Å². The van der Waals surface area contributed by atoms with Gasteiger partial charge in [0.2, 0.25) is 0 Å². The Morgan fingerprint density at radius 3 is 2.36 bits per heavy atom. The minimum absolute atomic E-state index is 0.0383. The Hall–Kier alpha value is -2.35. The van der Waals surface area contributed by atoms with Crippen LogP contribution in [0.5, 0.6) is 0 Å². The topological polar surface area (TPSA) is 76.0 Å². The Morgan fingerprint density at radius 2 is 1.88 bits per heavy atom. The molecule has 2 atom stereocenters. The molecule has 0 bridgehead atoms. The summed E-state index contributed by atoms with van der Waals surface area (Å²) in [7, 11) is 0.911. The first kappa shape index (κ1) is 19.0. The molecule has 25 heavy (non-hydrogen) atoms. The normalized spacial score (nSPS) is 21.0. The summed E-state index contributed by atoms with van der Waals surface area (Å²) in [6.45, 7) is 1.17. The lowest BCUT2D eigenvalue weighted by Crippen LogP contribution is -2.37. The van der Waals surface area contributed by atoms with Crippen LogP contribution in [0.1, 0.15) is 18.4 Å². The molecule has 1 aromatic carbocycles. The van der Waals surface area contributed by atoms with Crippen LogP contribution < -0.4 is 0 Å². The molecule has 2 rings (SSSR count). The number of aliphatic imine (C=N–C) groups is 1. The van der Waals surface area contributed by atoms with Gasteiger partial charge in [-0.3, -0.25) is 9.79 Å². The quantitative estimate of drug-likeness (QED) is 0.819. The van der Waals surface area contributed by atoms with Crippen molar-refractivity contribution in [3.05, 3.63) is 46.1 Å². The van der Waals surface area contributed by atoms with E-state index in [9.17, 15) is 27.9 Å². The zero-order valence-corrected chi connectivity index (χ0v) is 13.9. The molecular formula is C16H13ClF3NO4. The fraction of sp³-hybridized carbons (Fsp3) is 0.312. The summed E-state index contributed by atoms with van der Waals surface area (Å²) in [5.74, 6) is -5.69. The third kappa shape index (κ3) is 3.53. The van der Waals surface area contributed by atoms with E-state index in [1.807, 2.05) is 0 Å². The first-order valence-electron chi connectivity index (χ1n) is 7.01. The standard InChI is InChI=1S/C16H13ClF3NO4/c1-7-10(14(22)23)11(8-5-3-4-6-9(8)17)12(15(24)25-2)13(21-7)16(18,19)20/h3-6,10-11H,1-2H3,(H,22,23). The van der Waals surface area contributed by atoms with Crippen molar-refractivity contribution in [2.24, 2.45) is 10.9 Å². The molecule has 0 radical (unpaired) electrons. The molecule has 134 valence electrons. The number of rotatable bonds is 3. The number of alkyl halides is 3. The number of benzene rings is 1. The number of esters is 1. The average Bonchev–Trinajstić information content (AvgIpc) is 2.52. The summed E-state index contributed by atoms with van der Waals surface area (Å²) in [5.41, 5.74) is -2.55. The minimum Gasteiger partial charge on any atom is -0.481 e. The summed E-state index contributed by atoms with van der Waals surface area (Å²) >= 11 is 6.06. The van der Waals surface area contributed by atoms with Crippen LogP contribution in [0.25, 0.3) is 0 Å². The maximum atomic E-state index is 13.4. The van der Waals surface area contributed by atoms with Crippen molar-refractivity contribution in [1.29, 1.82) is 0 Å². The largest absolute Gasteiger partial charge is 0.481 e. The highest BCUT2D eigenvalue weighted by Gasteiger charge is 2.49. The van der Waals surface area contributed by atoms with E-state index in [1.54, 1.807) is 0 Å². The molecule has 1 aliphatic rings. The predicted molar refractivity (Wildman–Crippen MR) is 83.5 cm³/mol. The van der Waals surface area contributed by atoms with Crippen molar-refractivity contribution in [3.8, 4) is 0 Å². The Morgan fingerprint density at radius 1 is 1.28 bits per heavy atom. The SMILES string of the molecule is COC(=O)C1=C(C(F)(F)F)N=C(C)C(C(=O)O)C1c1ccccc1Cl. The van der Waals surface area contributed by atoms with Crippen molar-refractivity contribution < 1.29 is 32.6 Å². The van der Waals surface area contributed by atoms with Crippen LogP contribution in [-0.2, 0) is 14.3 Å². The van der Waals surface area contributed by atoms with Crippen LogP contribution in [0.4, 0.5) is 13.2 Å². The second kappa shape index (κ2) is 6.87. The van der Waals surface area contributed by atoms with E-state index in [2.05, 4.69) is 9.73 Å². The van der Waals surface area contributed by atoms with Gasteiger partial charge in [-0.15, -0.1) is 0 Å². The zero-order valence-electron chi connectivity index (χ0n) is 13.1. The number of ether oxygens (including phenoxy) is 1. The van der Waals surface area contributed by atoms with Gasteiger partial charge in [0.15, 0.2) is 5.70 Å². The molecule has 0 saturated heterocycles. The maximum Gasteiger partial charge on any atom is 0.433 e. The van der Waals surface area contributed by atoms with Crippen LogP contribution in [0.3, 0.4) is 0 Å². The smallest absolute Gasteiger partial charge is 0.433 e. The van der Waals surface area contributed by atoms with Gasteiger partial charge in [-0.05, 0) is 18.6 Å². The molecule has 0 saturated carbocycles. The molecule has 9 heteroatoms. The monoisotopic (exact) mass is 375 g/mol. The van der Waals surface area contributed by atoms with Crippen LogP contribution in [0.15, 0.2) is 40.5 Å². The van der Waals surface area contributed by atoms with Gasteiger partial charge in [0, 0.05) is 16.7 Å². The van der Waals surface area contributed by atoms with Crippen LogP contribution in [0, 0.1) is 5.92 Å². The molecule has 1 N–H and O–H groups in total. The molecule has 1 heterocycles. The molecule has 1 aromatic rings. The number of nitrogens with zero attached hydrogens (tertiary/aromatic N) is 1. The lowest BCUT2D eigenvalue weighted by molar-refractivity contribution is -0.141. The highest BCUT2D eigenvalue weighted by molar-refractivity contribution is 6.31. The number of hydrogen-bond donors (Lipinski definition) is 1. The number of carboxylic acid groups (broad SMARTS) is 1. The summed E-state index contributed by atoms with van der Waals surface area (Å²) in [5, 5.41) is 9.55. The number of carboxylic acids is 1. The van der Waals surface area contributed by atoms with Crippen molar-refractivity contribution >= 4 is 29.3 Å². The van der Waals surface area contributed by atoms with Gasteiger partial charge >= 0.3 is 18.1 Å². The Balaban J connectivity index is 2.86. The molecular weight excluding hydrogens is 363 g/mol. The van der Waals surface area contributed by atoms with Crippen molar-refractivity contribution in [2.75, 3.05) is 7.11 Å². The third-order valence-corrected chi connectivity index (χ3v) is 4.16. The van der Waals surface area contributed by atoms with Crippen LogP contribution in [-0.4, -0.2) is 36.0 Å². The van der Waals surface area contributed by atoms with E-state index >= 15 is 0 Å². The molecule has 2 unspecified atom stereocenters. The fourth-order valence-corrected chi connectivity index (χ4v) is 3.05. The lowest BCUT2D eigenvalue weighted by Gasteiger charge is -2.31. The Kier molecular flexibility index (Phi) is 5.22.